The highest BCUT2D eigenvalue weighted by atomic mass is 16.6. The van der Waals surface area contributed by atoms with Crippen LogP contribution < -0.4 is 20.9 Å². The first-order valence-electron chi connectivity index (χ1n) is 8.53. The maximum atomic E-state index is 12.2. The predicted molar refractivity (Wildman–Crippen MR) is 104 cm³/mol. The molecule has 0 fully saturated rings. The fourth-order valence-electron chi connectivity index (χ4n) is 2.42. The number of hydrogen-bond donors (Lipinski definition) is 3. The van der Waals surface area contributed by atoms with Gasteiger partial charge < -0.3 is 10.1 Å². The van der Waals surface area contributed by atoms with E-state index in [2.05, 4.69) is 16.2 Å². The standard InChI is InChI=1S/C19H22N4O5/c1-11-6-5-7-17(12(11)2)28-13(3)18(24)21-22-19(25)14-8-9-15(20-4)16(10-14)23(26)27/h5-10,13,20H,1-4H3,(H,21,24)(H,22,25)/t13-/m1/s1. The van der Waals surface area contributed by atoms with Gasteiger partial charge in [-0.15, -0.1) is 0 Å². The van der Waals surface area contributed by atoms with E-state index in [9.17, 15) is 19.7 Å². The Bertz CT molecular complexity index is 913. The van der Waals surface area contributed by atoms with Gasteiger partial charge in [0.25, 0.3) is 17.5 Å². The third-order valence-corrected chi connectivity index (χ3v) is 4.25. The second-order valence-corrected chi connectivity index (χ2v) is 6.14. The summed E-state index contributed by atoms with van der Waals surface area (Å²) in [5.74, 6) is -0.666. The van der Waals surface area contributed by atoms with Crippen molar-refractivity contribution >= 4 is 23.2 Å². The van der Waals surface area contributed by atoms with E-state index in [4.69, 9.17) is 4.74 Å². The molecule has 0 aromatic heterocycles. The molecular weight excluding hydrogens is 364 g/mol. The minimum Gasteiger partial charge on any atom is -0.481 e. The number of nitrogens with one attached hydrogen (secondary N) is 3. The summed E-state index contributed by atoms with van der Waals surface area (Å²) in [5.41, 5.74) is 6.52. The lowest BCUT2D eigenvalue weighted by atomic mass is 10.1. The van der Waals surface area contributed by atoms with Crippen LogP contribution in [0.5, 0.6) is 5.75 Å². The van der Waals surface area contributed by atoms with E-state index in [0.717, 1.165) is 17.2 Å². The molecule has 28 heavy (non-hydrogen) atoms. The summed E-state index contributed by atoms with van der Waals surface area (Å²) in [6, 6.07) is 9.48. The normalized spacial score (nSPS) is 11.3. The Hall–Kier alpha value is -3.62. The Labute approximate surface area is 162 Å². The molecule has 0 unspecified atom stereocenters. The van der Waals surface area contributed by atoms with E-state index in [1.54, 1.807) is 20.0 Å². The molecule has 9 heteroatoms. The lowest BCUT2D eigenvalue weighted by Gasteiger charge is -2.17. The number of hydrazine groups is 1. The molecule has 2 aromatic rings. The number of nitro benzene ring substituents is 1. The van der Waals surface area contributed by atoms with Crippen LogP contribution in [0.15, 0.2) is 36.4 Å². The third kappa shape index (κ3) is 4.76. The lowest BCUT2D eigenvalue weighted by Crippen LogP contribution is -2.47. The van der Waals surface area contributed by atoms with E-state index in [-0.39, 0.29) is 16.9 Å². The van der Waals surface area contributed by atoms with Crippen LogP contribution in [0.3, 0.4) is 0 Å². The van der Waals surface area contributed by atoms with Crippen LogP contribution in [0, 0.1) is 24.0 Å². The first kappa shape index (κ1) is 20.7. The van der Waals surface area contributed by atoms with Crippen LogP contribution in [-0.4, -0.2) is 29.9 Å². The molecule has 0 saturated heterocycles. The van der Waals surface area contributed by atoms with E-state index in [1.807, 2.05) is 26.0 Å². The van der Waals surface area contributed by atoms with Gasteiger partial charge in [-0.1, -0.05) is 12.1 Å². The molecule has 0 spiro atoms. The summed E-state index contributed by atoms with van der Waals surface area (Å²) in [5, 5.41) is 13.8. The van der Waals surface area contributed by atoms with Gasteiger partial charge in [-0.25, -0.2) is 0 Å². The predicted octanol–water partition coefficient (Wildman–Crippen LogP) is 2.48. The second kappa shape index (κ2) is 8.85. The van der Waals surface area contributed by atoms with Crippen molar-refractivity contribution in [3.8, 4) is 5.75 Å². The number of aryl methyl sites for hydroxylation is 1. The summed E-state index contributed by atoms with van der Waals surface area (Å²) < 4.78 is 5.65. The van der Waals surface area contributed by atoms with Gasteiger partial charge in [0.05, 0.1) is 4.92 Å². The van der Waals surface area contributed by atoms with Gasteiger partial charge in [-0.3, -0.25) is 30.6 Å². The van der Waals surface area contributed by atoms with Crippen molar-refractivity contribution in [3.63, 3.8) is 0 Å². The van der Waals surface area contributed by atoms with Crippen LogP contribution in [-0.2, 0) is 4.79 Å². The number of carbonyl (C=O) groups is 2. The van der Waals surface area contributed by atoms with E-state index in [0.29, 0.717) is 5.75 Å². The van der Waals surface area contributed by atoms with Gasteiger partial charge in [0.1, 0.15) is 11.4 Å². The highest BCUT2D eigenvalue weighted by molar-refractivity contribution is 5.97. The number of nitro groups is 1. The summed E-state index contributed by atoms with van der Waals surface area (Å²) in [6.07, 6.45) is -0.859. The van der Waals surface area contributed by atoms with Crippen molar-refractivity contribution in [3.05, 3.63) is 63.2 Å². The van der Waals surface area contributed by atoms with Crippen LogP contribution >= 0.6 is 0 Å². The molecule has 148 valence electrons. The van der Waals surface area contributed by atoms with Gasteiger partial charge >= 0.3 is 0 Å². The Morgan fingerprint density at radius 2 is 1.86 bits per heavy atom. The number of benzene rings is 2. The van der Waals surface area contributed by atoms with Crippen LogP contribution in [0.1, 0.15) is 28.4 Å². The minimum absolute atomic E-state index is 0.0362. The molecule has 1 atom stereocenters. The molecule has 2 rings (SSSR count). The Morgan fingerprint density at radius 3 is 2.50 bits per heavy atom. The molecule has 9 nitrogen and oxygen atoms in total. The van der Waals surface area contributed by atoms with Crippen molar-refractivity contribution in [1.82, 2.24) is 10.9 Å². The smallest absolute Gasteiger partial charge is 0.293 e. The number of rotatable bonds is 6. The number of hydrogen-bond acceptors (Lipinski definition) is 6. The number of amides is 2. The Balaban J connectivity index is 2.00. The van der Waals surface area contributed by atoms with Crippen LogP contribution in [0.2, 0.25) is 0 Å². The molecule has 0 heterocycles. The first-order chi connectivity index (χ1) is 13.2. The third-order valence-electron chi connectivity index (χ3n) is 4.25. The number of carbonyl (C=O) groups excluding carboxylic acids is 2. The quantitative estimate of drug-likeness (QED) is 0.518. The van der Waals surface area contributed by atoms with E-state index >= 15 is 0 Å². The van der Waals surface area contributed by atoms with Crippen molar-refractivity contribution in [1.29, 1.82) is 0 Å². The maximum Gasteiger partial charge on any atom is 0.293 e. The lowest BCUT2D eigenvalue weighted by molar-refractivity contribution is -0.384. The van der Waals surface area contributed by atoms with Crippen molar-refractivity contribution in [2.75, 3.05) is 12.4 Å². The van der Waals surface area contributed by atoms with Crippen molar-refractivity contribution in [2.45, 2.75) is 26.9 Å². The molecule has 0 bridgehead atoms. The number of nitrogens with zero attached hydrogens (tertiary/aromatic N) is 1. The average molecular weight is 386 g/mol. The van der Waals surface area contributed by atoms with Gasteiger partial charge in [-0.2, -0.15) is 0 Å². The van der Waals surface area contributed by atoms with Gasteiger partial charge in [0.15, 0.2) is 6.10 Å². The average Bonchev–Trinajstić information content (AvgIpc) is 2.68. The maximum absolute atomic E-state index is 12.2. The van der Waals surface area contributed by atoms with Crippen molar-refractivity contribution < 1.29 is 19.2 Å². The topological polar surface area (TPSA) is 123 Å². The SMILES string of the molecule is CNc1ccc(C(=O)NNC(=O)[C@@H](C)Oc2cccc(C)c2C)cc1[N+](=O)[O-]. The molecule has 0 saturated carbocycles. The van der Waals surface area contributed by atoms with Crippen LogP contribution in [0.4, 0.5) is 11.4 Å². The molecule has 0 aliphatic heterocycles. The largest absolute Gasteiger partial charge is 0.481 e. The summed E-state index contributed by atoms with van der Waals surface area (Å²) in [4.78, 5) is 34.9. The molecular formula is C19H22N4O5. The highest BCUT2D eigenvalue weighted by Crippen LogP contribution is 2.25. The zero-order chi connectivity index (χ0) is 20.8. The molecule has 0 aliphatic carbocycles. The van der Waals surface area contributed by atoms with E-state index in [1.165, 1.54) is 12.1 Å². The zero-order valence-corrected chi connectivity index (χ0v) is 16.0. The summed E-state index contributed by atoms with van der Waals surface area (Å²) in [7, 11) is 1.54. The fraction of sp³-hybridized carbons (Fsp3) is 0.263. The first-order valence-corrected chi connectivity index (χ1v) is 8.53. The van der Waals surface area contributed by atoms with Gasteiger partial charge in [0, 0.05) is 18.7 Å². The number of ether oxygens (including phenoxy) is 1. The molecule has 0 aliphatic rings. The minimum atomic E-state index is -0.859. The summed E-state index contributed by atoms with van der Waals surface area (Å²) in [6.45, 7) is 5.38. The van der Waals surface area contributed by atoms with Crippen molar-refractivity contribution in [2.24, 2.45) is 0 Å². The monoisotopic (exact) mass is 386 g/mol. The number of anilines is 1. The molecule has 0 radical (unpaired) electrons. The Kier molecular flexibility index (Phi) is 6.54. The summed E-state index contributed by atoms with van der Waals surface area (Å²) >= 11 is 0. The van der Waals surface area contributed by atoms with Gasteiger partial charge in [-0.05, 0) is 50.1 Å². The second-order valence-electron chi connectivity index (χ2n) is 6.14. The van der Waals surface area contributed by atoms with E-state index < -0.39 is 22.8 Å². The molecule has 2 aromatic carbocycles. The Morgan fingerprint density at radius 1 is 1.14 bits per heavy atom. The van der Waals surface area contributed by atoms with Crippen LogP contribution in [0.25, 0.3) is 0 Å². The fourth-order valence-corrected chi connectivity index (χ4v) is 2.42. The van der Waals surface area contributed by atoms with Gasteiger partial charge in [0.2, 0.25) is 0 Å². The highest BCUT2D eigenvalue weighted by Gasteiger charge is 2.19. The molecule has 3 N–H and O–H groups in total. The zero-order valence-electron chi connectivity index (χ0n) is 16.0. The molecule has 2 amide bonds.